The van der Waals surface area contributed by atoms with Gasteiger partial charge in [-0.05, 0) is 17.7 Å². The van der Waals surface area contributed by atoms with Crippen LogP contribution in [0.4, 0.5) is 0 Å². The highest BCUT2D eigenvalue weighted by Crippen LogP contribution is 2.35. The Hall–Kier alpha value is -3.48. The van der Waals surface area contributed by atoms with E-state index in [1.54, 1.807) is 0 Å². The van der Waals surface area contributed by atoms with Gasteiger partial charge in [-0.1, -0.05) is 0 Å². The topological polar surface area (TPSA) is 117 Å². The summed E-state index contributed by atoms with van der Waals surface area (Å²) in [7, 11) is 1.30. The lowest BCUT2D eigenvalue weighted by Crippen LogP contribution is -2.05. The van der Waals surface area contributed by atoms with Gasteiger partial charge in [0.2, 0.25) is 5.43 Å². The van der Waals surface area contributed by atoms with Crippen LogP contribution in [0.15, 0.2) is 39.7 Å². The molecule has 1 aromatic heterocycles. The molecular weight excluding hydrogens is 316 g/mol. The standard InChI is InChI=1S/C17H12O7/c1-23-17-9(6-18)2-8(3-13(17)21)11-7-24-14-5-10(19)4-12(20)15(14)16(11)22/h2-7,19-21H,1H3. The molecular formula is C17H12O7. The number of hydrogen-bond donors (Lipinski definition) is 3. The average molecular weight is 328 g/mol. The summed E-state index contributed by atoms with van der Waals surface area (Å²) in [6.07, 6.45) is 1.61. The van der Waals surface area contributed by atoms with E-state index in [4.69, 9.17) is 9.15 Å². The number of carbonyl (C=O) groups excluding carboxylic acids is 1. The normalized spacial score (nSPS) is 10.7. The first-order valence-electron chi connectivity index (χ1n) is 6.80. The van der Waals surface area contributed by atoms with E-state index in [1.165, 1.54) is 25.3 Å². The lowest BCUT2D eigenvalue weighted by Gasteiger charge is -2.10. The minimum Gasteiger partial charge on any atom is -0.508 e. The molecule has 24 heavy (non-hydrogen) atoms. The van der Waals surface area contributed by atoms with Crippen LogP contribution in [0.3, 0.4) is 0 Å². The quantitative estimate of drug-likeness (QED) is 0.632. The first kappa shape index (κ1) is 15.4. The van der Waals surface area contributed by atoms with Gasteiger partial charge in [0.1, 0.15) is 28.7 Å². The van der Waals surface area contributed by atoms with E-state index < -0.39 is 11.2 Å². The number of methoxy groups -OCH3 is 1. The Bertz CT molecular complexity index is 1020. The maximum absolute atomic E-state index is 12.6. The summed E-state index contributed by atoms with van der Waals surface area (Å²) < 4.78 is 10.2. The van der Waals surface area contributed by atoms with Gasteiger partial charge in [-0.3, -0.25) is 9.59 Å². The van der Waals surface area contributed by atoms with Crippen molar-refractivity contribution in [1.29, 1.82) is 0 Å². The SMILES string of the molecule is COc1c(O)cc(-c2coc3cc(O)cc(O)c3c2=O)cc1C=O. The third-order valence-corrected chi connectivity index (χ3v) is 3.58. The van der Waals surface area contributed by atoms with Crippen LogP contribution in [0.25, 0.3) is 22.1 Å². The van der Waals surface area contributed by atoms with Crippen LogP contribution < -0.4 is 10.2 Å². The fourth-order valence-electron chi connectivity index (χ4n) is 2.52. The maximum Gasteiger partial charge on any atom is 0.204 e. The van der Waals surface area contributed by atoms with Crippen LogP contribution in [-0.2, 0) is 0 Å². The molecule has 0 bridgehead atoms. The van der Waals surface area contributed by atoms with Crippen LogP contribution in [0.5, 0.6) is 23.0 Å². The number of fused-ring (bicyclic) bond motifs is 1. The van der Waals surface area contributed by atoms with Crippen molar-refractivity contribution in [2.24, 2.45) is 0 Å². The lowest BCUT2D eigenvalue weighted by molar-refractivity contribution is 0.112. The minimum atomic E-state index is -0.574. The third kappa shape index (κ3) is 2.32. The third-order valence-electron chi connectivity index (χ3n) is 3.58. The molecule has 0 radical (unpaired) electrons. The Labute approximate surface area is 135 Å². The number of benzene rings is 2. The van der Waals surface area contributed by atoms with E-state index in [0.29, 0.717) is 6.29 Å². The summed E-state index contributed by atoms with van der Waals surface area (Å²) >= 11 is 0. The first-order valence-corrected chi connectivity index (χ1v) is 6.80. The van der Waals surface area contributed by atoms with Gasteiger partial charge in [-0.25, -0.2) is 0 Å². The van der Waals surface area contributed by atoms with Crippen LogP contribution >= 0.6 is 0 Å². The second-order valence-corrected chi connectivity index (χ2v) is 5.05. The van der Waals surface area contributed by atoms with Crippen molar-refractivity contribution in [2.45, 2.75) is 0 Å². The smallest absolute Gasteiger partial charge is 0.204 e. The van der Waals surface area contributed by atoms with Crippen molar-refractivity contribution in [3.63, 3.8) is 0 Å². The molecule has 7 nitrogen and oxygen atoms in total. The molecule has 3 N–H and O–H groups in total. The largest absolute Gasteiger partial charge is 0.508 e. The molecule has 0 amide bonds. The predicted octanol–water partition coefficient (Wildman–Crippen LogP) is 2.40. The Kier molecular flexibility index (Phi) is 3.61. The fourth-order valence-corrected chi connectivity index (χ4v) is 2.52. The van der Waals surface area contributed by atoms with E-state index in [2.05, 4.69) is 0 Å². The van der Waals surface area contributed by atoms with E-state index in [1.807, 2.05) is 0 Å². The number of hydrogen-bond acceptors (Lipinski definition) is 7. The van der Waals surface area contributed by atoms with Crippen molar-refractivity contribution in [1.82, 2.24) is 0 Å². The van der Waals surface area contributed by atoms with Gasteiger partial charge in [0.05, 0.1) is 18.2 Å². The molecule has 0 spiro atoms. The molecule has 7 heteroatoms. The van der Waals surface area contributed by atoms with Gasteiger partial charge in [0.25, 0.3) is 0 Å². The lowest BCUT2D eigenvalue weighted by atomic mass is 10.0. The second-order valence-electron chi connectivity index (χ2n) is 5.05. The van der Waals surface area contributed by atoms with Crippen molar-refractivity contribution in [3.05, 3.63) is 46.3 Å². The molecule has 2 aromatic carbocycles. The van der Waals surface area contributed by atoms with Crippen LogP contribution in [0.1, 0.15) is 10.4 Å². The summed E-state index contributed by atoms with van der Waals surface area (Å²) in [5.41, 5.74) is -0.255. The molecule has 0 fully saturated rings. The van der Waals surface area contributed by atoms with Crippen LogP contribution in [0.2, 0.25) is 0 Å². The molecule has 0 saturated heterocycles. The monoisotopic (exact) mass is 328 g/mol. The van der Waals surface area contributed by atoms with Crippen molar-refractivity contribution in [3.8, 4) is 34.1 Å². The summed E-state index contributed by atoms with van der Waals surface area (Å²) in [5, 5.41) is 29.2. The number of ether oxygens (including phenoxy) is 1. The molecule has 0 aliphatic carbocycles. The Morgan fingerprint density at radius 2 is 1.83 bits per heavy atom. The zero-order chi connectivity index (χ0) is 17.4. The number of rotatable bonds is 3. The van der Waals surface area contributed by atoms with Gasteiger partial charge in [-0.15, -0.1) is 0 Å². The highest BCUT2D eigenvalue weighted by Gasteiger charge is 2.17. The van der Waals surface area contributed by atoms with Gasteiger partial charge in [0.15, 0.2) is 17.8 Å². The summed E-state index contributed by atoms with van der Waals surface area (Å²) in [6, 6.07) is 4.83. The van der Waals surface area contributed by atoms with E-state index in [0.717, 1.165) is 12.3 Å². The first-order chi connectivity index (χ1) is 11.5. The van der Waals surface area contributed by atoms with Crippen molar-refractivity contribution in [2.75, 3.05) is 7.11 Å². The zero-order valence-electron chi connectivity index (χ0n) is 12.4. The Morgan fingerprint density at radius 1 is 1.08 bits per heavy atom. The van der Waals surface area contributed by atoms with E-state index in [9.17, 15) is 24.9 Å². The number of phenols is 3. The van der Waals surface area contributed by atoms with Crippen LogP contribution in [0, 0.1) is 0 Å². The molecule has 0 unspecified atom stereocenters. The van der Waals surface area contributed by atoms with Crippen LogP contribution in [-0.4, -0.2) is 28.7 Å². The molecule has 3 aromatic rings. The highest BCUT2D eigenvalue weighted by atomic mass is 16.5. The number of aromatic hydroxyl groups is 3. The Morgan fingerprint density at radius 3 is 2.50 bits per heavy atom. The molecule has 0 atom stereocenters. The predicted molar refractivity (Wildman–Crippen MR) is 84.9 cm³/mol. The molecule has 0 aliphatic rings. The highest BCUT2D eigenvalue weighted by molar-refractivity contribution is 5.90. The molecule has 0 saturated carbocycles. The molecule has 0 aliphatic heterocycles. The fraction of sp³-hybridized carbons (Fsp3) is 0.0588. The van der Waals surface area contributed by atoms with Crippen molar-refractivity contribution < 1.29 is 29.3 Å². The number of carbonyl (C=O) groups is 1. The van der Waals surface area contributed by atoms with Gasteiger partial charge in [0, 0.05) is 12.1 Å². The van der Waals surface area contributed by atoms with Gasteiger partial charge < -0.3 is 24.5 Å². The van der Waals surface area contributed by atoms with Gasteiger partial charge >= 0.3 is 0 Å². The second kappa shape index (κ2) is 5.62. The summed E-state index contributed by atoms with van der Waals surface area (Å²) in [4.78, 5) is 23.8. The molecule has 3 rings (SSSR count). The summed E-state index contributed by atoms with van der Waals surface area (Å²) in [6.45, 7) is 0. The average Bonchev–Trinajstić information content (AvgIpc) is 2.53. The number of aldehydes is 1. The molecule has 1 heterocycles. The van der Waals surface area contributed by atoms with Crippen molar-refractivity contribution >= 4 is 17.3 Å². The maximum atomic E-state index is 12.6. The zero-order valence-corrected chi connectivity index (χ0v) is 12.4. The summed E-state index contributed by atoms with van der Waals surface area (Å²) in [5.74, 6) is -1.01. The van der Waals surface area contributed by atoms with Gasteiger partial charge in [-0.2, -0.15) is 0 Å². The Balaban J connectivity index is 2.32. The van der Waals surface area contributed by atoms with E-state index >= 15 is 0 Å². The molecule has 122 valence electrons. The number of phenolic OH excluding ortho intramolecular Hbond substituents is 3. The van der Waals surface area contributed by atoms with E-state index in [-0.39, 0.29) is 44.9 Å². The minimum absolute atomic E-state index is 0.00769.